The average molecular weight is 867 g/mol. The molecule has 0 saturated heterocycles. The van der Waals surface area contributed by atoms with E-state index in [2.05, 4.69) is 46.8 Å². The number of thiazole rings is 4. The summed E-state index contributed by atoms with van der Waals surface area (Å²) in [6, 6.07) is 8.33. The van der Waals surface area contributed by atoms with Crippen LogP contribution in [0.15, 0.2) is 24.3 Å². The van der Waals surface area contributed by atoms with Crippen molar-refractivity contribution in [2.45, 2.75) is 54.4 Å². The number of hydrogen-bond donors (Lipinski definition) is 0. The second kappa shape index (κ2) is 15.0. The van der Waals surface area contributed by atoms with Crippen molar-refractivity contribution in [2.24, 2.45) is 11.8 Å². The van der Waals surface area contributed by atoms with Crippen molar-refractivity contribution in [1.29, 1.82) is 0 Å². The summed E-state index contributed by atoms with van der Waals surface area (Å²) in [5.41, 5.74) is 3.61. The minimum atomic E-state index is -0.407. The molecular weight excluding hydrogens is 833 g/mol. The normalized spacial score (nSPS) is 12.0. The maximum atomic E-state index is 13.2. The van der Waals surface area contributed by atoms with Crippen molar-refractivity contribution in [3.63, 3.8) is 0 Å². The Morgan fingerprint density at radius 3 is 1.39 bits per heavy atom. The summed E-state index contributed by atoms with van der Waals surface area (Å²) in [4.78, 5) is 57.5. The van der Waals surface area contributed by atoms with Crippen molar-refractivity contribution in [3.05, 3.63) is 56.3 Å². The van der Waals surface area contributed by atoms with Gasteiger partial charge in [-0.05, 0) is 73.9 Å². The Kier molecular flexibility index (Phi) is 10.5. The fraction of sp³-hybridized carbons (Fsp3) is 0.316. The zero-order valence-electron chi connectivity index (χ0n) is 30.6. The molecule has 8 heterocycles. The van der Waals surface area contributed by atoms with Gasteiger partial charge in [0.05, 0.1) is 44.9 Å². The first-order valence-electron chi connectivity index (χ1n) is 17.1. The first-order valence-corrected chi connectivity index (χ1v) is 23.6. The largest absolute Gasteiger partial charge is 0.465 e. The van der Waals surface area contributed by atoms with Crippen molar-refractivity contribution in [1.82, 2.24) is 19.9 Å². The Hall–Kier alpha value is -3.22. The van der Waals surface area contributed by atoms with Crippen LogP contribution < -0.4 is 0 Å². The fourth-order valence-electron chi connectivity index (χ4n) is 6.20. The zero-order chi connectivity index (χ0) is 38.0. The number of thiophene rings is 4. The summed E-state index contributed by atoms with van der Waals surface area (Å²) in [6.07, 6.45) is 1.95. The fourth-order valence-corrected chi connectivity index (χ4v) is 15.1. The smallest absolute Gasteiger partial charge is 0.339 e. The van der Waals surface area contributed by atoms with Crippen LogP contribution in [0.2, 0.25) is 0 Å². The molecule has 16 heteroatoms. The predicted octanol–water partition coefficient (Wildman–Crippen LogP) is 13.0. The minimum absolute atomic E-state index is 0.385. The summed E-state index contributed by atoms with van der Waals surface area (Å²) in [5, 5.41) is 3.47. The molecule has 0 N–H and O–H groups in total. The average Bonchev–Trinajstić information content (AvgIpc) is 3.95. The van der Waals surface area contributed by atoms with Crippen molar-refractivity contribution in [3.8, 4) is 49.3 Å². The Morgan fingerprint density at radius 1 is 0.519 bits per heavy atom. The van der Waals surface area contributed by atoms with Crippen LogP contribution in [0.4, 0.5) is 0 Å². The van der Waals surface area contributed by atoms with E-state index in [1.165, 1.54) is 69.1 Å². The molecule has 0 spiro atoms. The summed E-state index contributed by atoms with van der Waals surface area (Å²) in [7, 11) is 2.79. The molecule has 8 nitrogen and oxygen atoms in total. The number of nitrogens with zero attached hydrogens (tertiary/aromatic N) is 4. The third-order valence-electron chi connectivity index (χ3n) is 8.37. The molecule has 8 aromatic heterocycles. The first kappa shape index (κ1) is 37.7. The number of hydrogen-bond acceptors (Lipinski definition) is 16. The Balaban J connectivity index is 1.15. The van der Waals surface area contributed by atoms with Crippen LogP contribution in [0, 0.1) is 25.7 Å². The highest BCUT2D eigenvalue weighted by atomic mass is 32.1. The molecule has 0 saturated carbocycles. The van der Waals surface area contributed by atoms with E-state index in [9.17, 15) is 9.59 Å². The topological polar surface area (TPSA) is 104 Å². The van der Waals surface area contributed by atoms with Crippen molar-refractivity contribution < 1.29 is 19.1 Å². The van der Waals surface area contributed by atoms with Crippen LogP contribution in [0.5, 0.6) is 0 Å². The molecule has 0 unspecified atom stereocenters. The van der Waals surface area contributed by atoms with E-state index in [0.29, 0.717) is 28.0 Å². The summed E-state index contributed by atoms with van der Waals surface area (Å²) >= 11 is 12.8. The Morgan fingerprint density at radius 2 is 0.889 bits per heavy atom. The maximum absolute atomic E-state index is 13.2. The van der Waals surface area contributed by atoms with Gasteiger partial charge >= 0.3 is 11.9 Å². The number of rotatable bonds is 11. The van der Waals surface area contributed by atoms with Gasteiger partial charge in [0.1, 0.15) is 20.0 Å². The lowest BCUT2D eigenvalue weighted by Gasteiger charge is -2.04. The summed E-state index contributed by atoms with van der Waals surface area (Å²) in [5.74, 6) is 0.234. The summed E-state index contributed by atoms with van der Waals surface area (Å²) in [6.45, 7) is 13.1. The van der Waals surface area contributed by atoms with Crippen LogP contribution in [-0.4, -0.2) is 46.1 Å². The van der Waals surface area contributed by atoms with E-state index >= 15 is 0 Å². The van der Waals surface area contributed by atoms with Crippen molar-refractivity contribution >= 4 is 122 Å². The van der Waals surface area contributed by atoms with E-state index in [1.807, 2.05) is 30.4 Å². The van der Waals surface area contributed by atoms with Gasteiger partial charge in [0.25, 0.3) is 0 Å². The lowest BCUT2D eigenvalue weighted by atomic mass is 10.0. The van der Waals surface area contributed by atoms with Gasteiger partial charge in [-0.2, -0.15) is 0 Å². The number of fused-ring (bicyclic) bond motifs is 2. The molecule has 54 heavy (non-hydrogen) atoms. The highest BCUT2D eigenvalue weighted by Crippen LogP contribution is 2.49. The van der Waals surface area contributed by atoms with E-state index in [1.54, 1.807) is 45.3 Å². The van der Waals surface area contributed by atoms with Gasteiger partial charge in [0, 0.05) is 19.5 Å². The van der Waals surface area contributed by atoms with Crippen LogP contribution in [0.3, 0.4) is 0 Å². The van der Waals surface area contributed by atoms with Crippen LogP contribution in [0.1, 0.15) is 69.3 Å². The molecule has 8 aromatic rings. The third-order valence-corrected chi connectivity index (χ3v) is 17.7. The predicted molar refractivity (Wildman–Crippen MR) is 232 cm³/mol. The van der Waals surface area contributed by atoms with Crippen LogP contribution >= 0.6 is 90.7 Å². The monoisotopic (exact) mass is 866 g/mol. The number of ether oxygens (including phenoxy) is 2. The highest BCUT2D eigenvalue weighted by Gasteiger charge is 2.27. The van der Waals surface area contributed by atoms with Gasteiger partial charge in [-0.15, -0.1) is 45.3 Å². The molecule has 0 atom stereocenters. The number of methoxy groups -OCH3 is 2. The number of aromatic nitrogens is 4. The van der Waals surface area contributed by atoms with Crippen LogP contribution in [0.25, 0.3) is 68.6 Å². The van der Waals surface area contributed by atoms with Gasteiger partial charge in [-0.1, -0.05) is 73.0 Å². The molecule has 0 aromatic carbocycles. The molecule has 0 radical (unpaired) electrons. The zero-order valence-corrected chi connectivity index (χ0v) is 37.1. The number of carbonyl (C=O) groups excluding carboxylic acids is 2. The lowest BCUT2D eigenvalue weighted by molar-refractivity contribution is 0.0593. The second-order valence-electron chi connectivity index (χ2n) is 13.6. The van der Waals surface area contributed by atoms with Gasteiger partial charge in [-0.3, -0.25) is 0 Å². The Labute approximate surface area is 344 Å². The molecule has 278 valence electrons. The maximum Gasteiger partial charge on any atom is 0.339 e. The third kappa shape index (κ3) is 7.15. The lowest BCUT2D eigenvalue weighted by Crippen LogP contribution is -2.00. The first-order chi connectivity index (χ1) is 25.9. The van der Waals surface area contributed by atoms with Crippen molar-refractivity contribution in [2.75, 3.05) is 14.2 Å². The second-order valence-corrected chi connectivity index (χ2v) is 22.1. The van der Waals surface area contributed by atoms with Gasteiger partial charge in [0.2, 0.25) is 0 Å². The standard InChI is InChI=1S/C38H34N4O4S8/c1-15(2)9-19-11-17(5)47-25(19)29-39-33-34(51-29)40-30(52-33)26-20(10-16(3)4)13-23(49-26)24-14-22(38(44)46-8)28(50-24)32-42-36-35(54-32)41-31(53-36)27-21(37(43)45-7)12-18(6)48-27/h11-16H,9-10H2,1-8H3. The van der Waals surface area contributed by atoms with E-state index in [4.69, 9.17) is 29.4 Å². The van der Waals surface area contributed by atoms with Gasteiger partial charge in [-0.25, -0.2) is 29.5 Å². The quantitative estimate of drug-likeness (QED) is 0.118. The molecule has 8 rings (SSSR count). The van der Waals surface area contributed by atoms with E-state index < -0.39 is 5.97 Å². The highest BCUT2D eigenvalue weighted by molar-refractivity contribution is 7.34. The van der Waals surface area contributed by atoms with Gasteiger partial charge < -0.3 is 9.47 Å². The molecular formula is C38H34N4O4S8. The molecule has 0 bridgehead atoms. The van der Waals surface area contributed by atoms with E-state index in [-0.39, 0.29) is 5.97 Å². The summed E-state index contributed by atoms with van der Waals surface area (Å²) < 4.78 is 10.3. The minimum Gasteiger partial charge on any atom is -0.465 e. The SMILES string of the molecule is COC(=O)c1cc(C)sc1-c1nc2sc(-c3sc(-c4cc(CC(C)C)c(-c5nc6sc(-c7sc(C)cc7CC(C)C)nc6s5)s4)cc3C(=O)OC)nc2s1. The number of esters is 2. The van der Waals surface area contributed by atoms with E-state index in [0.717, 1.165) is 76.4 Å². The number of aryl methyl sites for hydroxylation is 2. The molecule has 0 aliphatic carbocycles. The molecule has 0 aliphatic heterocycles. The molecule has 0 aliphatic rings. The van der Waals surface area contributed by atoms with Gasteiger partial charge in [0.15, 0.2) is 19.3 Å². The van der Waals surface area contributed by atoms with Crippen LogP contribution in [-0.2, 0) is 22.3 Å². The Bertz CT molecular complexity index is 2630. The number of carbonyl (C=O) groups is 2. The molecule has 0 fully saturated rings. The molecule has 0 amide bonds.